The summed E-state index contributed by atoms with van der Waals surface area (Å²) in [4.78, 5) is 12.5. The molecule has 23 heavy (non-hydrogen) atoms. The first-order valence-electron chi connectivity index (χ1n) is 8.19. The summed E-state index contributed by atoms with van der Waals surface area (Å²) in [7, 11) is 0. The van der Waals surface area contributed by atoms with Crippen LogP contribution in [0.15, 0.2) is 28.8 Å². The van der Waals surface area contributed by atoms with Crippen LogP contribution in [0.25, 0.3) is 0 Å². The van der Waals surface area contributed by atoms with Crippen molar-refractivity contribution in [3.8, 4) is 5.75 Å². The number of carbonyl (C=O) groups is 1. The minimum Gasteiger partial charge on any atom is -0.494 e. The van der Waals surface area contributed by atoms with Crippen LogP contribution in [0, 0.1) is 5.92 Å². The van der Waals surface area contributed by atoms with Crippen LogP contribution in [0.5, 0.6) is 5.75 Å². The Hall–Kier alpha value is -2.30. The summed E-state index contributed by atoms with van der Waals surface area (Å²) >= 11 is 0. The van der Waals surface area contributed by atoms with E-state index in [0.29, 0.717) is 29.7 Å². The maximum absolute atomic E-state index is 12.5. The Morgan fingerprint density at radius 3 is 3.17 bits per heavy atom. The van der Waals surface area contributed by atoms with E-state index in [4.69, 9.17) is 9.26 Å². The molecule has 0 saturated carbocycles. The lowest BCUT2D eigenvalue weighted by Gasteiger charge is -2.16. The molecule has 1 N–H and O–H groups in total. The fourth-order valence-electron chi connectivity index (χ4n) is 2.80. The van der Waals surface area contributed by atoms with Crippen LogP contribution >= 0.6 is 0 Å². The number of aryl methyl sites for hydroxylation is 1. The topological polar surface area (TPSA) is 64.4 Å². The standard InChI is InChI=1S/C18H22N2O3/c1-3-9-22-14-6-4-5-13(11-14)17(21)19-18-15-10-12(2)7-8-16(15)20-23-18/h4-6,11-12H,3,7-10H2,1-2H3,(H,19,21)/t12-/m1/s1. The molecule has 0 aliphatic heterocycles. The summed E-state index contributed by atoms with van der Waals surface area (Å²) in [6.45, 7) is 4.89. The quantitative estimate of drug-likeness (QED) is 0.910. The molecule has 1 aliphatic carbocycles. The number of anilines is 1. The van der Waals surface area contributed by atoms with Gasteiger partial charge in [0.25, 0.3) is 5.91 Å². The van der Waals surface area contributed by atoms with Crippen molar-refractivity contribution < 1.29 is 14.1 Å². The SMILES string of the molecule is CCCOc1cccc(C(=O)Nc2onc3c2C[C@H](C)CC3)c1. The van der Waals surface area contributed by atoms with Crippen molar-refractivity contribution in [3.05, 3.63) is 41.1 Å². The van der Waals surface area contributed by atoms with Crippen molar-refractivity contribution >= 4 is 11.8 Å². The zero-order valence-corrected chi connectivity index (χ0v) is 13.6. The number of benzene rings is 1. The van der Waals surface area contributed by atoms with Crippen LogP contribution in [-0.2, 0) is 12.8 Å². The number of nitrogens with zero attached hydrogens (tertiary/aromatic N) is 1. The van der Waals surface area contributed by atoms with Crippen molar-refractivity contribution in [2.45, 2.75) is 39.5 Å². The second-order valence-electron chi connectivity index (χ2n) is 6.12. The summed E-state index contributed by atoms with van der Waals surface area (Å²) in [5.41, 5.74) is 2.56. The number of aromatic nitrogens is 1. The van der Waals surface area contributed by atoms with Crippen LogP contribution in [0.2, 0.25) is 0 Å². The Kier molecular flexibility index (Phi) is 4.65. The summed E-state index contributed by atoms with van der Waals surface area (Å²) in [5.74, 6) is 1.57. The molecule has 1 aliphatic rings. The fraction of sp³-hybridized carbons (Fsp3) is 0.444. The molecule has 0 fully saturated rings. The normalized spacial score (nSPS) is 16.7. The highest BCUT2D eigenvalue weighted by molar-refractivity contribution is 6.04. The molecule has 1 heterocycles. The van der Waals surface area contributed by atoms with Gasteiger partial charge in [0.15, 0.2) is 0 Å². The highest BCUT2D eigenvalue weighted by atomic mass is 16.5. The van der Waals surface area contributed by atoms with Gasteiger partial charge in [-0.15, -0.1) is 0 Å². The molecule has 0 spiro atoms. The largest absolute Gasteiger partial charge is 0.494 e. The lowest BCUT2D eigenvalue weighted by atomic mass is 9.89. The maximum atomic E-state index is 12.5. The first-order valence-corrected chi connectivity index (χ1v) is 8.19. The van der Waals surface area contributed by atoms with E-state index in [0.717, 1.165) is 36.9 Å². The molecule has 122 valence electrons. The van der Waals surface area contributed by atoms with Gasteiger partial charge in [0, 0.05) is 11.1 Å². The van der Waals surface area contributed by atoms with Crippen molar-refractivity contribution in [2.24, 2.45) is 5.92 Å². The van der Waals surface area contributed by atoms with Crippen LogP contribution in [0.3, 0.4) is 0 Å². The number of nitrogens with one attached hydrogen (secondary N) is 1. The summed E-state index contributed by atoms with van der Waals surface area (Å²) < 4.78 is 10.9. The van der Waals surface area contributed by atoms with Gasteiger partial charge < -0.3 is 9.26 Å². The Labute approximate surface area is 136 Å². The van der Waals surface area contributed by atoms with Crippen molar-refractivity contribution in [1.82, 2.24) is 5.16 Å². The average Bonchev–Trinajstić information content (AvgIpc) is 2.95. The predicted molar refractivity (Wildman–Crippen MR) is 87.9 cm³/mol. The van der Waals surface area contributed by atoms with E-state index in [1.165, 1.54) is 0 Å². The van der Waals surface area contributed by atoms with E-state index in [2.05, 4.69) is 17.4 Å². The molecule has 5 heteroatoms. The molecule has 0 radical (unpaired) electrons. The van der Waals surface area contributed by atoms with Gasteiger partial charge in [-0.05, 0) is 49.8 Å². The Balaban J connectivity index is 1.74. The van der Waals surface area contributed by atoms with Gasteiger partial charge in [0.2, 0.25) is 5.88 Å². The van der Waals surface area contributed by atoms with Gasteiger partial charge in [-0.2, -0.15) is 0 Å². The number of rotatable bonds is 5. The average molecular weight is 314 g/mol. The first-order chi connectivity index (χ1) is 11.2. The van der Waals surface area contributed by atoms with Gasteiger partial charge in [-0.25, -0.2) is 0 Å². The maximum Gasteiger partial charge on any atom is 0.258 e. The van der Waals surface area contributed by atoms with E-state index in [1.54, 1.807) is 12.1 Å². The highest BCUT2D eigenvalue weighted by Crippen LogP contribution is 2.30. The van der Waals surface area contributed by atoms with Gasteiger partial charge in [0.05, 0.1) is 12.3 Å². The predicted octanol–water partition coefficient (Wildman–Crippen LogP) is 3.84. The lowest BCUT2D eigenvalue weighted by Crippen LogP contribution is -2.15. The molecule has 5 nitrogen and oxygen atoms in total. The third-order valence-electron chi connectivity index (χ3n) is 4.09. The minimum absolute atomic E-state index is 0.205. The molecule has 0 unspecified atom stereocenters. The van der Waals surface area contributed by atoms with E-state index in [1.807, 2.05) is 19.1 Å². The molecule has 0 saturated heterocycles. The molecule has 2 aromatic rings. The monoisotopic (exact) mass is 314 g/mol. The second-order valence-corrected chi connectivity index (χ2v) is 6.12. The smallest absolute Gasteiger partial charge is 0.258 e. The third kappa shape index (κ3) is 3.55. The number of hydrogen-bond donors (Lipinski definition) is 1. The molecular weight excluding hydrogens is 292 g/mol. The number of hydrogen-bond acceptors (Lipinski definition) is 4. The van der Waals surface area contributed by atoms with Gasteiger partial charge in [-0.1, -0.05) is 25.1 Å². The van der Waals surface area contributed by atoms with Gasteiger partial charge >= 0.3 is 0 Å². The first kappa shape index (κ1) is 15.6. The Morgan fingerprint density at radius 2 is 2.35 bits per heavy atom. The van der Waals surface area contributed by atoms with E-state index < -0.39 is 0 Å². The molecular formula is C18H22N2O3. The van der Waals surface area contributed by atoms with E-state index in [9.17, 15) is 4.79 Å². The number of fused-ring (bicyclic) bond motifs is 1. The lowest BCUT2D eigenvalue weighted by molar-refractivity contribution is 0.102. The van der Waals surface area contributed by atoms with Crippen LogP contribution in [0.1, 0.15) is 48.3 Å². The number of amides is 1. The van der Waals surface area contributed by atoms with Crippen LogP contribution < -0.4 is 10.1 Å². The summed E-state index contributed by atoms with van der Waals surface area (Å²) in [5, 5.41) is 6.93. The van der Waals surface area contributed by atoms with Crippen molar-refractivity contribution in [2.75, 3.05) is 11.9 Å². The Morgan fingerprint density at radius 1 is 1.48 bits per heavy atom. The number of carbonyl (C=O) groups excluding carboxylic acids is 1. The zero-order valence-electron chi connectivity index (χ0n) is 13.6. The van der Waals surface area contributed by atoms with E-state index >= 15 is 0 Å². The van der Waals surface area contributed by atoms with Gasteiger partial charge in [-0.3, -0.25) is 10.1 Å². The number of ether oxygens (including phenoxy) is 1. The highest BCUT2D eigenvalue weighted by Gasteiger charge is 2.24. The molecule has 1 atom stereocenters. The minimum atomic E-state index is -0.205. The fourth-order valence-corrected chi connectivity index (χ4v) is 2.80. The summed E-state index contributed by atoms with van der Waals surface area (Å²) in [6.07, 6.45) is 3.85. The Bertz CT molecular complexity index is 693. The second kappa shape index (κ2) is 6.86. The molecule has 0 bridgehead atoms. The van der Waals surface area contributed by atoms with E-state index in [-0.39, 0.29) is 5.91 Å². The molecule has 1 aromatic heterocycles. The molecule has 1 amide bonds. The zero-order chi connectivity index (χ0) is 16.2. The van der Waals surface area contributed by atoms with Crippen LogP contribution in [-0.4, -0.2) is 17.7 Å². The van der Waals surface area contributed by atoms with Crippen LogP contribution in [0.4, 0.5) is 5.88 Å². The van der Waals surface area contributed by atoms with Gasteiger partial charge in [0.1, 0.15) is 5.75 Å². The summed E-state index contributed by atoms with van der Waals surface area (Å²) in [6, 6.07) is 7.18. The third-order valence-corrected chi connectivity index (χ3v) is 4.09. The van der Waals surface area contributed by atoms with Crippen molar-refractivity contribution in [3.63, 3.8) is 0 Å². The molecule has 3 rings (SSSR count). The van der Waals surface area contributed by atoms with Crippen molar-refractivity contribution in [1.29, 1.82) is 0 Å². The molecule has 1 aromatic carbocycles.